The third-order valence-electron chi connectivity index (χ3n) is 2.87. The summed E-state index contributed by atoms with van der Waals surface area (Å²) in [7, 11) is 0. The van der Waals surface area contributed by atoms with Gasteiger partial charge in [-0.15, -0.1) is 11.3 Å². The van der Waals surface area contributed by atoms with Crippen LogP contribution in [0.25, 0.3) is 0 Å². The van der Waals surface area contributed by atoms with Gasteiger partial charge in [0.2, 0.25) is 0 Å². The Kier molecular flexibility index (Phi) is 6.42. The van der Waals surface area contributed by atoms with Crippen molar-refractivity contribution in [2.45, 2.75) is 39.5 Å². The first kappa shape index (κ1) is 16.9. The number of carboxylic acids is 1. The highest BCUT2D eigenvalue weighted by Gasteiger charge is 2.32. The van der Waals surface area contributed by atoms with Gasteiger partial charge >= 0.3 is 5.97 Å². The zero-order valence-electron chi connectivity index (χ0n) is 12.6. The lowest BCUT2D eigenvalue weighted by Gasteiger charge is -2.15. The standard InChI is InChI=1S/C14H24N2O3S/c1-10(2)8-19-7-5-6-15-13-16-11(9-20-13)14(3,4)12(17)18/h9-10H,5-8H2,1-4H3,(H,15,16)(H,17,18). The summed E-state index contributed by atoms with van der Waals surface area (Å²) in [4.78, 5) is 15.5. The summed E-state index contributed by atoms with van der Waals surface area (Å²) in [6, 6.07) is 0. The minimum Gasteiger partial charge on any atom is -0.481 e. The highest BCUT2D eigenvalue weighted by atomic mass is 32.1. The van der Waals surface area contributed by atoms with Crippen LogP contribution in [0.2, 0.25) is 0 Å². The molecule has 0 aromatic carbocycles. The topological polar surface area (TPSA) is 71.5 Å². The Labute approximate surface area is 124 Å². The molecule has 6 heteroatoms. The maximum absolute atomic E-state index is 11.1. The van der Waals surface area contributed by atoms with E-state index in [2.05, 4.69) is 24.1 Å². The molecule has 0 saturated heterocycles. The molecule has 2 N–H and O–H groups in total. The monoisotopic (exact) mass is 300 g/mol. The van der Waals surface area contributed by atoms with Crippen LogP contribution in [-0.2, 0) is 14.9 Å². The predicted octanol–water partition coefficient (Wildman–Crippen LogP) is 2.98. The molecule has 1 heterocycles. The average Bonchev–Trinajstić information content (AvgIpc) is 2.82. The Morgan fingerprint density at radius 2 is 2.25 bits per heavy atom. The fourth-order valence-electron chi connectivity index (χ4n) is 1.44. The van der Waals surface area contributed by atoms with Crippen molar-refractivity contribution in [1.82, 2.24) is 4.98 Å². The number of aromatic nitrogens is 1. The van der Waals surface area contributed by atoms with E-state index >= 15 is 0 Å². The molecular formula is C14H24N2O3S. The van der Waals surface area contributed by atoms with Gasteiger partial charge < -0.3 is 15.2 Å². The van der Waals surface area contributed by atoms with Crippen LogP contribution >= 0.6 is 11.3 Å². The van der Waals surface area contributed by atoms with Gasteiger partial charge in [-0.25, -0.2) is 4.98 Å². The van der Waals surface area contributed by atoms with Gasteiger partial charge in [0.15, 0.2) is 5.13 Å². The maximum atomic E-state index is 11.1. The Hall–Kier alpha value is -1.14. The van der Waals surface area contributed by atoms with Crippen molar-refractivity contribution in [3.63, 3.8) is 0 Å². The second-order valence-corrected chi connectivity index (χ2v) is 6.58. The number of hydrogen-bond acceptors (Lipinski definition) is 5. The molecule has 0 bridgehead atoms. The molecular weight excluding hydrogens is 276 g/mol. The van der Waals surface area contributed by atoms with Crippen molar-refractivity contribution in [1.29, 1.82) is 0 Å². The first-order valence-electron chi connectivity index (χ1n) is 6.85. The van der Waals surface area contributed by atoms with Gasteiger partial charge in [-0.1, -0.05) is 13.8 Å². The summed E-state index contributed by atoms with van der Waals surface area (Å²) in [5.74, 6) is -0.306. The smallest absolute Gasteiger partial charge is 0.315 e. The summed E-state index contributed by atoms with van der Waals surface area (Å²) in [5, 5.41) is 14.9. The van der Waals surface area contributed by atoms with E-state index in [1.807, 2.05) is 0 Å². The lowest BCUT2D eigenvalue weighted by Crippen LogP contribution is -2.28. The summed E-state index contributed by atoms with van der Waals surface area (Å²) < 4.78 is 5.49. The largest absolute Gasteiger partial charge is 0.481 e. The number of carboxylic acid groups (broad SMARTS) is 1. The minimum absolute atomic E-state index is 0.558. The van der Waals surface area contributed by atoms with Gasteiger partial charge in [0.25, 0.3) is 0 Å². The van der Waals surface area contributed by atoms with Crippen molar-refractivity contribution >= 4 is 22.4 Å². The highest BCUT2D eigenvalue weighted by molar-refractivity contribution is 7.13. The van der Waals surface area contributed by atoms with E-state index in [-0.39, 0.29) is 0 Å². The predicted molar refractivity (Wildman–Crippen MR) is 81.5 cm³/mol. The van der Waals surface area contributed by atoms with Gasteiger partial charge in [0.05, 0.1) is 5.69 Å². The molecule has 0 amide bonds. The van der Waals surface area contributed by atoms with E-state index in [4.69, 9.17) is 9.84 Å². The molecule has 1 aromatic rings. The molecule has 0 saturated carbocycles. The Balaban J connectivity index is 2.33. The summed E-state index contributed by atoms with van der Waals surface area (Å²) in [6.07, 6.45) is 0.907. The lowest BCUT2D eigenvalue weighted by molar-refractivity contribution is -0.142. The second-order valence-electron chi connectivity index (χ2n) is 5.72. The fourth-order valence-corrected chi connectivity index (χ4v) is 2.35. The quantitative estimate of drug-likeness (QED) is 0.686. The molecule has 0 unspecified atom stereocenters. The third kappa shape index (κ3) is 5.09. The van der Waals surface area contributed by atoms with Crippen molar-refractivity contribution in [2.24, 2.45) is 5.92 Å². The second kappa shape index (κ2) is 7.59. The molecule has 0 atom stereocenters. The summed E-state index contributed by atoms with van der Waals surface area (Å²) in [6.45, 7) is 9.86. The van der Waals surface area contributed by atoms with Crippen LogP contribution in [0.1, 0.15) is 39.8 Å². The summed E-state index contributed by atoms with van der Waals surface area (Å²) in [5.41, 5.74) is -0.356. The molecule has 0 aliphatic heterocycles. The molecule has 114 valence electrons. The van der Waals surface area contributed by atoms with Gasteiger partial charge in [-0.2, -0.15) is 0 Å². The van der Waals surface area contributed by atoms with E-state index in [1.165, 1.54) is 11.3 Å². The zero-order valence-corrected chi connectivity index (χ0v) is 13.4. The summed E-state index contributed by atoms with van der Waals surface area (Å²) >= 11 is 1.44. The van der Waals surface area contributed by atoms with Crippen molar-refractivity contribution in [3.8, 4) is 0 Å². The number of carbonyl (C=O) groups is 1. The number of aliphatic carboxylic acids is 1. The molecule has 0 aliphatic rings. The van der Waals surface area contributed by atoms with Crippen molar-refractivity contribution in [2.75, 3.05) is 25.1 Å². The number of nitrogens with one attached hydrogen (secondary N) is 1. The minimum atomic E-state index is -0.948. The van der Waals surface area contributed by atoms with E-state index in [9.17, 15) is 4.79 Å². The highest BCUT2D eigenvalue weighted by Crippen LogP contribution is 2.27. The van der Waals surface area contributed by atoms with Crippen molar-refractivity contribution < 1.29 is 14.6 Å². The van der Waals surface area contributed by atoms with Crippen LogP contribution in [0.15, 0.2) is 5.38 Å². The van der Waals surface area contributed by atoms with Gasteiger partial charge in [0.1, 0.15) is 5.41 Å². The molecule has 0 aliphatic carbocycles. The average molecular weight is 300 g/mol. The SMILES string of the molecule is CC(C)COCCCNc1nc(C(C)(C)C(=O)O)cs1. The molecule has 20 heavy (non-hydrogen) atoms. The maximum Gasteiger partial charge on any atom is 0.315 e. The first-order chi connectivity index (χ1) is 9.34. The van der Waals surface area contributed by atoms with Crippen LogP contribution < -0.4 is 5.32 Å². The Morgan fingerprint density at radius 1 is 1.55 bits per heavy atom. The van der Waals surface area contributed by atoms with Crippen molar-refractivity contribution in [3.05, 3.63) is 11.1 Å². The van der Waals surface area contributed by atoms with E-state index in [0.717, 1.165) is 31.3 Å². The number of thiazole rings is 1. The third-order valence-corrected chi connectivity index (χ3v) is 3.67. The lowest BCUT2D eigenvalue weighted by atomic mass is 9.90. The Bertz CT molecular complexity index is 430. The molecule has 0 spiro atoms. The molecule has 0 fully saturated rings. The molecule has 0 radical (unpaired) electrons. The number of hydrogen-bond donors (Lipinski definition) is 2. The molecule has 1 aromatic heterocycles. The van der Waals surface area contributed by atoms with Gasteiger partial charge in [-0.05, 0) is 26.2 Å². The van der Waals surface area contributed by atoms with Gasteiger partial charge in [-0.3, -0.25) is 4.79 Å². The van der Waals surface area contributed by atoms with Gasteiger partial charge in [0, 0.05) is 25.1 Å². The molecule has 5 nitrogen and oxygen atoms in total. The van der Waals surface area contributed by atoms with E-state index < -0.39 is 11.4 Å². The van der Waals surface area contributed by atoms with Crippen LogP contribution in [0.4, 0.5) is 5.13 Å². The van der Waals surface area contributed by atoms with Crippen LogP contribution in [0, 0.1) is 5.92 Å². The van der Waals surface area contributed by atoms with Crippen LogP contribution in [0.5, 0.6) is 0 Å². The number of ether oxygens (including phenoxy) is 1. The number of anilines is 1. The van der Waals surface area contributed by atoms with E-state index in [0.29, 0.717) is 11.6 Å². The number of nitrogens with zero attached hydrogens (tertiary/aromatic N) is 1. The normalized spacial score (nSPS) is 11.8. The molecule has 1 rings (SSSR count). The van der Waals surface area contributed by atoms with Crippen LogP contribution in [0.3, 0.4) is 0 Å². The van der Waals surface area contributed by atoms with Crippen LogP contribution in [-0.4, -0.2) is 35.8 Å². The zero-order chi connectivity index (χ0) is 15.2. The van der Waals surface area contributed by atoms with E-state index in [1.54, 1.807) is 19.2 Å². The Morgan fingerprint density at radius 3 is 2.85 bits per heavy atom. The fraction of sp³-hybridized carbons (Fsp3) is 0.714. The first-order valence-corrected chi connectivity index (χ1v) is 7.73. The number of rotatable bonds is 9.